The van der Waals surface area contributed by atoms with Crippen molar-refractivity contribution in [2.45, 2.75) is 32.2 Å². The first-order valence-electron chi connectivity index (χ1n) is 9.29. The smallest absolute Gasteiger partial charge is 0.283 e. The van der Waals surface area contributed by atoms with Crippen molar-refractivity contribution in [1.82, 2.24) is 9.78 Å². The molecule has 1 aromatic heterocycles. The third kappa shape index (κ3) is 4.96. The first-order valence-corrected chi connectivity index (χ1v) is 10.8. The molecule has 3 aromatic rings. The number of aromatic nitrogens is 2. The van der Waals surface area contributed by atoms with Crippen LogP contribution < -0.4 is 10.3 Å². The number of alkyl halides is 3. The quantitative estimate of drug-likeness (QED) is 0.624. The molecule has 3 rings (SSSR count). The van der Waals surface area contributed by atoms with Gasteiger partial charge in [-0.3, -0.25) is 9.52 Å². The second-order valence-electron chi connectivity index (χ2n) is 7.21. The first-order chi connectivity index (χ1) is 14.4. The van der Waals surface area contributed by atoms with Gasteiger partial charge in [0.15, 0.2) is 0 Å². The topological polar surface area (TPSA) is 81.1 Å². The van der Waals surface area contributed by atoms with Crippen LogP contribution >= 0.6 is 0 Å². The Kier molecular flexibility index (Phi) is 5.95. The Bertz CT molecular complexity index is 1270. The molecule has 0 saturated carbocycles. The van der Waals surface area contributed by atoms with Crippen LogP contribution in [-0.2, 0) is 16.2 Å². The maximum Gasteiger partial charge on any atom is 0.416 e. The number of hydrogen-bond donors (Lipinski definition) is 1. The number of aryl methyl sites for hydroxylation is 1. The molecule has 0 bridgehead atoms. The summed E-state index contributed by atoms with van der Waals surface area (Å²) in [4.78, 5) is 12.6. The zero-order valence-corrected chi connectivity index (χ0v) is 17.8. The Morgan fingerprint density at radius 3 is 2.26 bits per heavy atom. The van der Waals surface area contributed by atoms with Gasteiger partial charge in [-0.05, 0) is 62.7 Å². The van der Waals surface area contributed by atoms with Gasteiger partial charge in [-0.2, -0.15) is 23.0 Å². The van der Waals surface area contributed by atoms with Crippen LogP contribution in [0.15, 0.2) is 59.4 Å². The lowest BCUT2D eigenvalue weighted by atomic mass is 10.0. The highest BCUT2D eigenvalue weighted by molar-refractivity contribution is 7.93. The molecule has 10 heteroatoms. The van der Waals surface area contributed by atoms with E-state index in [2.05, 4.69) is 9.82 Å². The summed E-state index contributed by atoms with van der Waals surface area (Å²) in [6.45, 7) is 4.77. The molecule has 0 unspecified atom stereocenters. The minimum atomic E-state index is -4.47. The highest BCUT2D eigenvalue weighted by Crippen LogP contribution is 2.29. The van der Waals surface area contributed by atoms with E-state index in [1.54, 1.807) is 45.0 Å². The van der Waals surface area contributed by atoms with Crippen molar-refractivity contribution in [3.63, 3.8) is 0 Å². The zero-order valence-electron chi connectivity index (χ0n) is 16.9. The Labute approximate surface area is 177 Å². The van der Waals surface area contributed by atoms with Crippen LogP contribution in [0.3, 0.4) is 0 Å². The van der Waals surface area contributed by atoms with E-state index in [1.165, 1.54) is 18.2 Å². The fraction of sp³-hybridized carbons (Fsp3) is 0.238. The molecule has 164 valence electrons. The lowest BCUT2D eigenvalue weighted by molar-refractivity contribution is -0.137. The highest BCUT2D eigenvalue weighted by Gasteiger charge is 2.30. The van der Waals surface area contributed by atoms with E-state index in [-0.39, 0.29) is 5.69 Å². The summed E-state index contributed by atoms with van der Waals surface area (Å²) in [7, 11) is -3.54. The van der Waals surface area contributed by atoms with Crippen molar-refractivity contribution >= 4 is 15.7 Å². The zero-order chi connectivity index (χ0) is 23.0. The average molecular weight is 451 g/mol. The number of halogens is 3. The van der Waals surface area contributed by atoms with E-state index in [4.69, 9.17) is 0 Å². The Morgan fingerprint density at radius 1 is 1.03 bits per heavy atom. The van der Waals surface area contributed by atoms with Crippen LogP contribution in [0.1, 0.15) is 25.1 Å². The standard InChI is InChI=1S/C21H20F3N3O3S/c1-13(2)31(29,30)26-17-6-4-5-15(11-17)19-12-20(28)27(25-14(19)3)18-9-7-16(8-10-18)21(22,23)24/h4-13,26H,1-3H3. The summed E-state index contributed by atoms with van der Waals surface area (Å²) in [5, 5.41) is 3.61. The number of anilines is 1. The Hall–Kier alpha value is -3.14. The third-order valence-electron chi connectivity index (χ3n) is 4.61. The normalized spacial score (nSPS) is 12.2. The van der Waals surface area contributed by atoms with E-state index < -0.39 is 32.6 Å². The number of nitrogens with zero attached hydrogens (tertiary/aromatic N) is 2. The number of sulfonamides is 1. The second kappa shape index (κ2) is 8.18. The van der Waals surface area contributed by atoms with E-state index >= 15 is 0 Å². The largest absolute Gasteiger partial charge is 0.416 e. The maximum atomic E-state index is 12.8. The Morgan fingerprint density at radius 2 is 1.68 bits per heavy atom. The van der Waals surface area contributed by atoms with Gasteiger partial charge >= 0.3 is 6.18 Å². The van der Waals surface area contributed by atoms with Gasteiger partial charge in [-0.1, -0.05) is 12.1 Å². The summed E-state index contributed by atoms with van der Waals surface area (Å²) in [5.74, 6) is 0. The molecule has 0 atom stereocenters. The summed E-state index contributed by atoms with van der Waals surface area (Å²) in [5.41, 5.74) is 0.697. The molecule has 2 aromatic carbocycles. The highest BCUT2D eigenvalue weighted by atomic mass is 32.2. The molecule has 6 nitrogen and oxygen atoms in total. The van der Waals surface area contributed by atoms with Gasteiger partial charge in [0.1, 0.15) is 0 Å². The predicted molar refractivity (Wildman–Crippen MR) is 113 cm³/mol. The minimum absolute atomic E-state index is 0.200. The fourth-order valence-electron chi connectivity index (χ4n) is 2.84. The molecule has 0 aliphatic heterocycles. The first kappa shape index (κ1) is 22.5. The predicted octanol–water partition coefficient (Wildman–Crippen LogP) is 4.38. The molecule has 1 heterocycles. The molecule has 0 amide bonds. The Balaban J connectivity index is 1.98. The molecule has 0 aliphatic carbocycles. The maximum absolute atomic E-state index is 12.8. The van der Waals surface area contributed by atoms with Crippen molar-refractivity contribution in [3.8, 4) is 16.8 Å². The minimum Gasteiger partial charge on any atom is -0.283 e. The van der Waals surface area contributed by atoms with Crippen LogP contribution in [0.2, 0.25) is 0 Å². The number of nitrogens with one attached hydrogen (secondary N) is 1. The van der Waals surface area contributed by atoms with Gasteiger partial charge < -0.3 is 0 Å². The molecule has 0 radical (unpaired) electrons. The van der Waals surface area contributed by atoms with Gasteiger partial charge in [0, 0.05) is 17.3 Å². The van der Waals surface area contributed by atoms with Crippen LogP contribution in [0.4, 0.5) is 18.9 Å². The van der Waals surface area contributed by atoms with Crippen LogP contribution in [0.25, 0.3) is 16.8 Å². The van der Waals surface area contributed by atoms with Crippen molar-refractivity contribution < 1.29 is 21.6 Å². The fourth-order valence-corrected chi connectivity index (χ4v) is 3.53. The van der Waals surface area contributed by atoms with E-state index in [1.807, 2.05) is 0 Å². The molecule has 0 aliphatic rings. The summed E-state index contributed by atoms with van der Waals surface area (Å²) >= 11 is 0. The molecule has 0 fully saturated rings. The summed E-state index contributed by atoms with van der Waals surface area (Å²) in [6.07, 6.45) is -4.47. The van der Waals surface area contributed by atoms with Crippen molar-refractivity contribution in [1.29, 1.82) is 0 Å². The van der Waals surface area contributed by atoms with E-state index in [0.29, 0.717) is 22.5 Å². The van der Waals surface area contributed by atoms with E-state index in [0.717, 1.165) is 16.8 Å². The van der Waals surface area contributed by atoms with Crippen LogP contribution in [0.5, 0.6) is 0 Å². The molecule has 0 saturated heterocycles. The SMILES string of the molecule is Cc1nn(-c2ccc(C(F)(F)F)cc2)c(=O)cc1-c1cccc(NS(=O)(=O)C(C)C)c1. The lowest BCUT2D eigenvalue weighted by Gasteiger charge is -2.13. The second-order valence-corrected chi connectivity index (χ2v) is 9.45. The molecule has 31 heavy (non-hydrogen) atoms. The monoisotopic (exact) mass is 451 g/mol. The van der Waals surface area contributed by atoms with Gasteiger partial charge in [0.05, 0.1) is 22.2 Å². The average Bonchev–Trinajstić information content (AvgIpc) is 2.68. The van der Waals surface area contributed by atoms with Crippen LogP contribution in [0, 0.1) is 6.92 Å². The van der Waals surface area contributed by atoms with Gasteiger partial charge in [-0.25, -0.2) is 8.42 Å². The van der Waals surface area contributed by atoms with Gasteiger partial charge in [0.25, 0.3) is 5.56 Å². The van der Waals surface area contributed by atoms with Gasteiger partial charge in [0.2, 0.25) is 10.0 Å². The molecular formula is C21H20F3N3O3S. The van der Waals surface area contributed by atoms with Crippen LogP contribution in [-0.4, -0.2) is 23.4 Å². The number of hydrogen-bond acceptors (Lipinski definition) is 4. The van der Waals surface area contributed by atoms with E-state index in [9.17, 15) is 26.4 Å². The van der Waals surface area contributed by atoms with Crippen molar-refractivity contribution in [3.05, 3.63) is 76.2 Å². The molecular weight excluding hydrogens is 431 g/mol. The molecule has 1 N–H and O–H groups in total. The summed E-state index contributed by atoms with van der Waals surface area (Å²) in [6, 6.07) is 12.0. The summed E-state index contributed by atoms with van der Waals surface area (Å²) < 4.78 is 66.0. The van der Waals surface area contributed by atoms with Gasteiger partial charge in [-0.15, -0.1) is 0 Å². The van der Waals surface area contributed by atoms with Crippen molar-refractivity contribution in [2.75, 3.05) is 4.72 Å². The molecule has 0 spiro atoms. The third-order valence-corrected chi connectivity index (χ3v) is 6.37. The lowest BCUT2D eigenvalue weighted by Crippen LogP contribution is -2.22. The number of benzene rings is 2. The number of rotatable bonds is 5. The van der Waals surface area contributed by atoms with Crippen molar-refractivity contribution in [2.24, 2.45) is 0 Å².